The van der Waals surface area contributed by atoms with Crippen LogP contribution in [0.5, 0.6) is 0 Å². The maximum absolute atomic E-state index is 6.18. The lowest BCUT2D eigenvalue weighted by molar-refractivity contribution is 0.669. The van der Waals surface area contributed by atoms with Gasteiger partial charge in [-0.05, 0) is 85.8 Å². The second kappa shape index (κ2) is 8.14. The van der Waals surface area contributed by atoms with Crippen LogP contribution in [0.4, 0.5) is 0 Å². The van der Waals surface area contributed by atoms with Crippen LogP contribution in [0, 0.1) is 6.92 Å². The fraction of sp³-hybridized carbons (Fsp3) is 0.0263. The monoisotopic (exact) mass is 552 g/mol. The lowest BCUT2D eigenvalue weighted by atomic mass is 10.1. The lowest BCUT2D eigenvalue weighted by Crippen LogP contribution is -1.96. The van der Waals surface area contributed by atoms with Crippen molar-refractivity contribution in [2.45, 2.75) is 6.92 Å². The SMILES string of the molecule is Cc1ccc2oc3ccc(-n4c5ccccc5c5cc(-n6c7ccccc7n7c8ccccc8nc67)ccc54)cc3c2c1. The van der Waals surface area contributed by atoms with E-state index in [9.17, 15) is 0 Å². The van der Waals surface area contributed by atoms with Gasteiger partial charge in [0.1, 0.15) is 11.2 Å². The first-order valence-electron chi connectivity index (χ1n) is 14.6. The molecule has 0 aliphatic heterocycles. The topological polar surface area (TPSA) is 40.3 Å². The second-order valence-electron chi connectivity index (χ2n) is 11.4. The van der Waals surface area contributed by atoms with Crippen LogP contribution in [0.25, 0.3) is 83.0 Å². The van der Waals surface area contributed by atoms with E-state index in [1.165, 1.54) is 21.9 Å². The van der Waals surface area contributed by atoms with Crippen molar-refractivity contribution < 1.29 is 4.42 Å². The van der Waals surface area contributed by atoms with Gasteiger partial charge in [0.25, 0.3) is 0 Å². The van der Waals surface area contributed by atoms with E-state index in [0.717, 1.165) is 66.7 Å². The summed E-state index contributed by atoms with van der Waals surface area (Å²) in [5, 5.41) is 4.70. The molecular formula is C38H24N4O. The standard InChI is InChI=1S/C38H24N4O/c1-23-14-18-36-28(20-23)29-22-24(16-19-37(29)43-36)40-31-10-4-2-8-26(31)27-21-25(15-17-32(27)40)41-34-12-6-7-13-35(34)42-33-11-5-3-9-30(33)39-38(41)42/h2-22H,1H3. The number of aromatic nitrogens is 4. The Labute approximate surface area is 245 Å². The summed E-state index contributed by atoms with van der Waals surface area (Å²) in [5.41, 5.74) is 12.0. The maximum atomic E-state index is 6.18. The number of imidazole rings is 2. The normalized spacial score (nSPS) is 12.3. The first-order chi connectivity index (χ1) is 21.2. The van der Waals surface area contributed by atoms with E-state index in [1.54, 1.807) is 0 Å². The predicted molar refractivity (Wildman–Crippen MR) is 176 cm³/mol. The van der Waals surface area contributed by atoms with Crippen LogP contribution in [0.15, 0.2) is 132 Å². The van der Waals surface area contributed by atoms with Gasteiger partial charge < -0.3 is 8.98 Å². The fourth-order valence-corrected chi connectivity index (χ4v) is 7.00. The Morgan fingerprint density at radius 1 is 0.488 bits per heavy atom. The minimum atomic E-state index is 0.906. The van der Waals surface area contributed by atoms with Crippen LogP contribution in [0.3, 0.4) is 0 Å². The molecule has 0 atom stereocenters. The number of aryl methyl sites for hydroxylation is 1. The highest BCUT2D eigenvalue weighted by Gasteiger charge is 2.19. The molecular weight excluding hydrogens is 528 g/mol. The molecule has 0 bridgehead atoms. The zero-order valence-electron chi connectivity index (χ0n) is 23.3. The minimum absolute atomic E-state index is 0.906. The molecule has 0 aliphatic rings. The van der Waals surface area contributed by atoms with Crippen molar-refractivity contribution in [1.82, 2.24) is 18.5 Å². The third-order valence-corrected chi connectivity index (χ3v) is 8.89. The molecule has 10 aromatic rings. The highest BCUT2D eigenvalue weighted by molar-refractivity contribution is 6.11. The maximum Gasteiger partial charge on any atom is 0.220 e. The Morgan fingerprint density at radius 2 is 1.12 bits per heavy atom. The van der Waals surface area contributed by atoms with E-state index >= 15 is 0 Å². The van der Waals surface area contributed by atoms with Crippen LogP contribution in [0.2, 0.25) is 0 Å². The van der Waals surface area contributed by atoms with E-state index in [0.29, 0.717) is 0 Å². The highest BCUT2D eigenvalue weighted by atomic mass is 16.3. The van der Waals surface area contributed by atoms with E-state index < -0.39 is 0 Å². The quantitative estimate of drug-likeness (QED) is 0.214. The molecule has 0 aliphatic carbocycles. The third kappa shape index (κ3) is 3.03. The number of para-hydroxylation sites is 5. The Hall–Kier alpha value is -5.81. The summed E-state index contributed by atoms with van der Waals surface area (Å²) in [7, 11) is 0. The van der Waals surface area contributed by atoms with Gasteiger partial charge >= 0.3 is 0 Å². The molecule has 0 spiro atoms. The average molecular weight is 553 g/mol. The summed E-state index contributed by atoms with van der Waals surface area (Å²) < 4.78 is 13.1. The summed E-state index contributed by atoms with van der Waals surface area (Å²) in [4.78, 5) is 5.09. The van der Waals surface area contributed by atoms with Crippen molar-refractivity contribution in [3.8, 4) is 11.4 Å². The van der Waals surface area contributed by atoms with Gasteiger partial charge in [0, 0.05) is 32.9 Å². The van der Waals surface area contributed by atoms with Crippen LogP contribution in [-0.4, -0.2) is 18.5 Å². The second-order valence-corrected chi connectivity index (χ2v) is 11.4. The molecule has 43 heavy (non-hydrogen) atoms. The molecule has 0 saturated heterocycles. The molecule has 0 fully saturated rings. The molecule has 0 unspecified atom stereocenters. The summed E-state index contributed by atoms with van der Waals surface area (Å²) in [6.45, 7) is 2.13. The zero-order valence-corrected chi connectivity index (χ0v) is 23.3. The predicted octanol–water partition coefficient (Wildman–Crippen LogP) is 9.74. The number of benzene rings is 6. The summed E-state index contributed by atoms with van der Waals surface area (Å²) in [6.07, 6.45) is 0. The third-order valence-electron chi connectivity index (χ3n) is 8.89. The molecule has 5 nitrogen and oxygen atoms in total. The van der Waals surface area contributed by atoms with Gasteiger partial charge in [-0.2, -0.15) is 0 Å². The Kier molecular flexibility index (Phi) is 4.32. The van der Waals surface area contributed by atoms with E-state index in [1.807, 2.05) is 6.07 Å². The molecule has 202 valence electrons. The van der Waals surface area contributed by atoms with Crippen LogP contribution in [-0.2, 0) is 0 Å². The Bertz CT molecular complexity index is 2750. The summed E-state index contributed by atoms with van der Waals surface area (Å²) >= 11 is 0. The van der Waals surface area contributed by atoms with Gasteiger partial charge in [-0.1, -0.05) is 54.1 Å². The van der Waals surface area contributed by atoms with Crippen molar-refractivity contribution >= 4 is 71.6 Å². The zero-order chi connectivity index (χ0) is 28.2. The molecule has 0 saturated carbocycles. The molecule has 5 heteroatoms. The number of furan rings is 1. The van der Waals surface area contributed by atoms with Gasteiger partial charge in [-0.3, -0.25) is 8.97 Å². The van der Waals surface area contributed by atoms with E-state index in [2.05, 4.69) is 142 Å². The van der Waals surface area contributed by atoms with Crippen molar-refractivity contribution in [1.29, 1.82) is 0 Å². The van der Waals surface area contributed by atoms with Gasteiger partial charge in [0.2, 0.25) is 5.78 Å². The van der Waals surface area contributed by atoms with Gasteiger partial charge in [0.05, 0.1) is 33.1 Å². The van der Waals surface area contributed by atoms with Gasteiger partial charge in [-0.15, -0.1) is 0 Å². The molecule has 6 aromatic carbocycles. The van der Waals surface area contributed by atoms with Crippen LogP contribution in [0.1, 0.15) is 5.56 Å². The Morgan fingerprint density at radius 3 is 2.00 bits per heavy atom. The lowest BCUT2D eigenvalue weighted by Gasteiger charge is -2.09. The van der Waals surface area contributed by atoms with Crippen molar-refractivity contribution in [2.75, 3.05) is 0 Å². The molecule has 4 heterocycles. The Balaban J connectivity index is 1.26. The van der Waals surface area contributed by atoms with Crippen molar-refractivity contribution in [2.24, 2.45) is 0 Å². The number of hydrogen-bond acceptors (Lipinski definition) is 2. The largest absolute Gasteiger partial charge is 0.456 e. The van der Waals surface area contributed by atoms with Crippen molar-refractivity contribution in [3.63, 3.8) is 0 Å². The number of hydrogen-bond donors (Lipinski definition) is 0. The highest BCUT2D eigenvalue weighted by Crippen LogP contribution is 2.37. The molecule has 4 aromatic heterocycles. The molecule has 0 amide bonds. The first-order valence-corrected chi connectivity index (χ1v) is 14.6. The first kappa shape index (κ1) is 22.8. The molecule has 0 N–H and O–H groups in total. The van der Waals surface area contributed by atoms with Crippen LogP contribution < -0.4 is 0 Å². The average Bonchev–Trinajstić information content (AvgIpc) is 3.77. The smallest absolute Gasteiger partial charge is 0.220 e. The summed E-state index contributed by atoms with van der Waals surface area (Å²) in [6, 6.07) is 45.3. The van der Waals surface area contributed by atoms with E-state index in [-0.39, 0.29) is 0 Å². The van der Waals surface area contributed by atoms with Crippen LogP contribution >= 0.6 is 0 Å². The molecule has 10 rings (SSSR count). The van der Waals surface area contributed by atoms with E-state index in [4.69, 9.17) is 9.40 Å². The van der Waals surface area contributed by atoms with Gasteiger partial charge in [0.15, 0.2) is 0 Å². The fourth-order valence-electron chi connectivity index (χ4n) is 7.00. The number of rotatable bonds is 2. The van der Waals surface area contributed by atoms with Gasteiger partial charge in [-0.25, -0.2) is 4.98 Å². The molecule has 0 radical (unpaired) electrons. The van der Waals surface area contributed by atoms with Crippen molar-refractivity contribution in [3.05, 3.63) is 133 Å². The number of nitrogens with zero attached hydrogens (tertiary/aromatic N) is 4. The number of fused-ring (bicyclic) bond motifs is 11. The minimum Gasteiger partial charge on any atom is -0.456 e. The summed E-state index contributed by atoms with van der Waals surface area (Å²) in [5.74, 6) is 0.915.